The van der Waals surface area contributed by atoms with Crippen LogP contribution in [0.2, 0.25) is 0 Å². The van der Waals surface area contributed by atoms with Crippen molar-refractivity contribution >= 4 is 5.91 Å². The van der Waals surface area contributed by atoms with Crippen LogP contribution in [-0.4, -0.2) is 26.2 Å². The van der Waals surface area contributed by atoms with Gasteiger partial charge in [-0.05, 0) is 31.0 Å². The highest BCUT2D eigenvalue weighted by Gasteiger charge is 2.09. The smallest absolute Gasteiger partial charge is 0.219 e. The van der Waals surface area contributed by atoms with Crippen molar-refractivity contribution in [3.63, 3.8) is 0 Å². The Labute approximate surface area is 108 Å². The van der Waals surface area contributed by atoms with Gasteiger partial charge in [0.15, 0.2) is 11.5 Å². The molecule has 100 valence electrons. The van der Waals surface area contributed by atoms with E-state index >= 15 is 0 Å². The van der Waals surface area contributed by atoms with Gasteiger partial charge in [-0.2, -0.15) is 0 Å². The molecule has 1 atom stereocenters. The average Bonchev–Trinajstić information content (AvgIpc) is 2.38. The third-order valence-corrected chi connectivity index (χ3v) is 2.72. The normalized spacial score (nSPS) is 11.8. The summed E-state index contributed by atoms with van der Waals surface area (Å²) in [5.74, 6) is 1.50. The number of hydrogen-bond donors (Lipinski definition) is 1. The second-order valence-corrected chi connectivity index (χ2v) is 4.22. The van der Waals surface area contributed by atoms with Crippen LogP contribution in [0, 0.1) is 0 Å². The van der Waals surface area contributed by atoms with Crippen LogP contribution in [0.1, 0.15) is 25.8 Å². The van der Waals surface area contributed by atoms with Crippen molar-refractivity contribution in [1.29, 1.82) is 0 Å². The average molecular weight is 251 g/mol. The van der Waals surface area contributed by atoms with Crippen LogP contribution in [0.3, 0.4) is 0 Å². The van der Waals surface area contributed by atoms with Crippen LogP contribution >= 0.6 is 0 Å². The molecule has 1 aromatic rings. The zero-order valence-corrected chi connectivity index (χ0v) is 11.4. The molecule has 4 nitrogen and oxygen atoms in total. The molecule has 0 spiro atoms. The minimum atomic E-state index is 0.0722. The number of carbonyl (C=O) groups is 1. The SMILES string of the molecule is CCC(=O)NC(C)Cc1ccc(OC)c(OC)c1. The Kier molecular flexibility index (Phi) is 5.49. The van der Waals surface area contributed by atoms with E-state index in [-0.39, 0.29) is 11.9 Å². The minimum absolute atomic E-state index is 0.0722. The summed E-state index contributed by atoms with van der Waals surface area (Å²) in [5, 5.41) is 2.93. The maximum absolute atomic E-state index is 11.3. The van der Waals surface area contributed by atoms with Crippen molar-refractivity contribution in [2.24, 2.45) is 0 Å². The maximum Gasteiger partial charge on any atom is 0.219 e. The molecule has 0 radical (unpaired) electrons. The molecule has 1 rings (SSSR count). The summed E-state index contributed by atoms with van der Waals surface area (Å²) >= 11 is 0. The molecule has 0 aliphatic carbocycles. The predicted octanol–water partition coefficient (Wildman–Crippen LogP) is 2.16. The fraction of sp³-hybridized carbons (Fsp3) is 0.500. The molecular weight excluding hydrogens is 230 g/mol. The molecule has 0 heterocycles. The fourth-order valence-corrected chi connectivity index (χ4v) is 1.79. The highest BCUT2D eigenvalue weighted by atomic mass is 16.5. The number of rotatable bonds is 6. The lowest BCUT2D eigenvalue weighted by Crippen LogP contribution is -2.33. The third kappa shape index (κ3) is 3.95. The van der Waals surface area contributed by atoms with Gasteiger partial charge in [-0.1, -0.05) is 13.0 Å². The summed E-state index contributed by atoms with van der Waals surface area (Å²) in [6.45, 7) is 3.84. The van der Waals surface area contributed by atoms with Crippen molar-refractivity contribution in [2.75, 3.05) is 14.2 Å². The number of benzene rings is 1. The first kappa shape index (κ1) is 14.4. The standard InChI is InChI=1S/C14H21NO3/c1-5-14(16)15-10(2)8-11-6-7-12(17-3)13(9-11)18-4/h6-7,9-10H,5,8H2,1-4H3,(H,15,16). The third-order valence-electron chi connectivity index (χ3n) is 2.72. The first-order chi connectivity index (χ1) is 8.60. The number of hydrogen-bond acceptors (Lipinski definition) is 3. The molecule has 1 aromatic carbocycles. The number of ether oxygens (including phenoxy) is 2. The summed E-state index contributed by atoms with van der Waals surface area (Å²) in [4.78, 5) is 11.3. The quantitative estimate of drug-likeness (QED) is 0.842. The molecule has 1 N–H and O–H groups in total. The van der Waals surface area contributed by atoms with Gasteiger partial charge in [-0.25, -0.2) is 0 Å². The van der Waals surface area contributed by atoms with Crippen LogP contribution in [-0.2, 0) is 11.2 Å². The highest BCUT2D eigenvalue weighted by Crippen LogP contribution is 2.27. The topological polar surface area (TPSA) is 47.6 Å². The summed E-state index contributed by atoms with van der Waals surface area (Å²) in [6, 6.07) is 5.90. The molecule has 0 fully saturated rings. The first-order valence-electron chi connectivity index (χ1n) is 6.11. The molecule has 18 heavy (non-hydrogen) atoms. The van der Waals surface area contributed by atoms with Crippen LogP contribution in [0.4, 0.5) is 0 Å². The van der Waals surface area contributed by atoms with Crippen molar-refractivity contribution in [3.05, 3.63) is 23.8 Å². The van der Waals surface area contributed by atoms with Gasteiger partial charge in [-0.3, -0.25) is 4.79 Å². The van der Waals surface area contributed by atoms with Gasteiger partial charge in [0.05, 0.1) is 14.2 Å². The maximum atomic E-state index is 11.3. The zero-order valence-electron chi connectivity index (χ0n) is 11.4. The molecule has 0 saturated heterocycles. The van der Waals surface area contributed by atoms with Gasteiger partial charge in [0.25, 0.3) is 0 Å². The molecular formula is C14H21NO3. The Bertz CT molecular complexity index is 404. The van der Waals surface area contributed by atoms with E-state index in [2.05, 4.69) is 5.32 Å². The van der Waals surface area contributed by atoms with Crippen molar-refractivity contribution < 1.29 is 14.3 Å². The number of carbonyl (C=O) groups excluding carboxylic acids is 1. The summed E-state index contributed by atoms with van der Waals surface area (Å²) in [6.07, 6.45) is 1.28. The first-order valence-corrected chi connectivity index (χ1v) is 6.11. The van der Waals surface area contributed by atoms with Gasteiger partial charge >= 0.3 is 0 Å². The van der Waals surface area contributed by atoms with E-state index < -0.39 is 0 Å². The summed E-state index contributed by atoms with van der Waals surface area (Å²) < 4.78 is 10.4. The number of methoxy groups -OCH3 is 2. The lowest BCUT2D eigenvalue weighted by atomic mass is 10.1. The predicted molar refractivity (Wildman–Crippen MR) is 71.1 cm³/mol. The van der Waals surface area contributed by atoms with E-state index in [0.29, 0.717) is 17.9 Å². The van der Waals surface area contributed by atoms with Crippen molar-refractivity contribution in [2.45, 2.75) is 32.7 Å². The van der Waals surface area contributed by atoms with E-state index in [1.807, 2.05) is 32.0 Å². The van der Waals surface area contributed by atoms with Crippen LogP contribution in [0.15, 0.2) is 18.2 Å². The Morgan fingerprint density at radius 3 is 2.50 bits per heavy atom. The lowest BCUT2D eigenvalue weighted by molar-refractivity contribution is -0.121. The second-order valence-electron chi connectivity index (χ2n) is 4.22. The molecule has 0 aliphatic rings. The summed E-state index contributed by atoms with van der Waals surface area (Å²) in [7, 11) is 3.23. The second kappa shape index (κ2) is 6.89. The minimum Gasteiger partial charge on any atom is -0.493 e. The van der Waals surface area contributed by atoms with Crippen LogP contribution in [0.25, 0.3) is 0 Å². The summed E-state index contributed by atoms with van der Waals surface area (Å²) in [5.41, 5.74) is 1.11. The van der Waals surface area contributed by atoms with E-state index in [0.717, 1.165) is 12.0 Å². The molecule has 0 saturated carbocycles. The van der Waals surface area contributed by atoms with E-state index in [1.165, 1.54) is 0 Å². The number of amides is 1. The zero-order chi connectivity index (χ0) is 13.5. The Morgan fingerprint density at radius 1 is 1.28 bits per heavy atom. The van der Waals surface area contributed by atoms with Gasteiger partial charge in [0.1, 0.15) is 0 Å². The Balaban J connectivity index is 2.70. The molecule has 4 heteroatoms. The highest BCUT2D eigenvalue weighted by molar-refractivity contribution is 5.75. The fourth-order valence-electron chi connectivity index (χ4n) is 1.79. The van der Waals surface area contributed by atoms with Crippen molar-refractivity contribution in [3.8, 4) is 11.5 Å². The van der Waals surface area contributed by atoms with Gasteiger partial charge in [-0.15, -0.1) is 0 Å². The van der Waals surface area contributed by atoms with E-state index in [4.69, 9.17) is 9.47 Å². The largest absolute Gasteiger partial charge is 0.493 e. The monoisotopic (exact) mass is 251 g/mol. The molecule has 0 aromatic heterocycles. The van der Waals surface area contributed by atoms with Crippen LogP contribution < -0.4 is 14.8 Å². The molecule has 0 aliphatic heterocycles. The molecule has 1 amide bonds. The van der Waals surface area contributed by atoms with Gasteiger partial charge in [0.2, 0.25) is 5.91 Å². The van der Waals surface area contributed by atoms with Gasteiger partial charge < -0.3 is 14.8 Å². The van der Waals surface area contributed by atoms with Crippen molar-refractivity contribution in [1.82, 2.24) is 5.32 Å². The lowest BCUT2D eigenvalue weighted by Gasteiger charge is -2.15. The van der Waals surface area contributed by atoms with Gasteiger partial charge in [0, 0.05) is 12.5 Å². The Hall–Kier alpha value is -1.71. The molecule has 0 bridgehead atoms. The Morgan fingerprint density at radius 2 is 1.94 bits per heavy atom. The number of nitrogens with one attached hydrogen (secondary N) is 1. The molecule has 1 unspecified atom stereocenters. The van der Waals surface area contributed by atoms with E-state index in [1.54, 1.807) is 14.2 Å². The van der Waals surface area contributed by atoms with Crippen LogP contribution in [0.5, 0.6) is 11.5 Å². The van der Waals surface area contributed by atoms with E-state index in [9.17, 15) is 4.79 Å².